The Morgan fingerprint density at radius 1 is 1.00 bits per heavy atom. The number of nitrogens with zero attached hydrogens (tertiary/aromatic N) is 1. The maximum absolute atomic E-state index is 13.4. The molecule has 0 saturated carbocycles. The van der Waals surface area contributed by atoms with Crippen LogP contribution in [0.1, 0.15) is 18.9 Å². The van der Waals surface area contributed by atoms with Gasteiger partial charge < -0.3 is 9.88 Å². The van der Waals surface area contributed by atoms with E-state index in [0.29, 0.717) is 6.04 Å². The van der Waals surface area contributed by atoms with Crippen molar-refractivity contribution in [3.05, 3.63) is 60.5 Å². The third-order valence-corrected chi connectivity index (χ3v) is 6.56. The van der Waals surface area contributed by atoms with Crippen LogP contribution in [0, 0.1) is 5.82 Å². The van der Waals surface area contributed by atoms with Crippen LogP contribution in [-0.2, 0) is 9.84 Å². The summed E-state index contributed by atoms with van der Waals surface area (Å²) in [7, 11) is -3.73. The summed E-state index contributed by atoms with van der Waals surface area (Å²) >= 11 is 0. The number of hydrogen-bond donors (Lipinski definition) is 1. The van der Waals surface area contributed by atoms with Crippen LogP contribution >= 0.6 is 0 Å². The second-order valence-electron chi connectivity index (χ2n) is 6.39. The van der Waals surface area contributed by atoms with Gasteiger partial charge in [-0.25, -0.2) is 12.8 Å². The molecular weight excluding hydrogens is 339 g/mol. The fraction of sp³-hybridized carbons (Fsp3) is 0.263. The van der Waals surface area contributed by atoms with Gasteiger partial charge in [0.15, 0.2) is 0 Å². The van der Waals surface area contributed by atoms with Crippen molar-refractivity contribution in [1.29, 1.82) is 0 Å². The molecule has 0 atom stereocenters. The molecule has 0 amide bonds. The number of benzene rings is 2. The summed E-state index contributed by atoms with van der Waals surface area (Å²) in [6.45, 7) is 1.99. The standard InChI is InChI=1S/C19H19FN2O2S/c20-15-2-1-3-17(13-15)25(23,24)18-4-5-19-14(12-18)8-11-22(19)16-6-9-21-10-7-16/h1-5,8,11-13,16,21H,6-7,9-10H2. The molecule has 1 aromatic heterocycles. The lowest BCUT2D eigenvalue weighted by molar-refractivity contribution is 0.376. The van der Waals surface area contributed by atoms with Gasteiger partial charge in [-0.3, -0.25) is 0 Å². The summed E-state index contributed by atoms with van der Waals surface area (Å²) in [5.74, 6) is -0.556. The molecule has 1 aliphatic heterocycles. The molecule has 0 unspecified atom stereocenters. The Kier molecular flexibility index (Phi) is 4.09. The van der Waals surface area contributed by atoms with Gasteiger partial charge in [0.05, 0.1) is 9.79 Å². The molecule has 0 aliphatic carbocycles. The predicted octanol–water partition coefficient (Wildman–Crippen LogP) is 3.54. The van der Waals surface area contributed by atoms with Crippen LogP contribution in [0.3, 0.4) is 0 Å². The molecule has 2 aromatic carbocycles. The van der Waals surface area contributed by atoms with Gasteiger partial charge in [-0.15, -0.1) is 0 Å². The molecule has 0 radical (unpaired) electrons. The van der Waals surface area contributed by atoms with Gasteiger partial charge in [0, 0.05) is 23.1 Å². The molecule has 4 nitrogen and oxygen atoms in total. The number of sulfone groups is 1. The number of nitrogens with one attached hydrogen (secondary N) is 1. The van der Waals surface area contributed by atoms with E-state index in [2.05, 4.69) is 9.88 Å². The summed E-state index contributed by atoms with van der Waals surface area (Å²) in [5, 5.41) is 4.24. The maximum Gasteiger partial charge on any atom is 0.206 e. The van der Waals surface area contributed by atoms with Crippen LogP contribution in [0.4, 0.5) is 4.39 Å². The highest BCUT2D eigenvalue weighted by molar-refractivity contribution is 7.91. The Bertz CT molecular complexity index is 1020. The Morgan fingerprint density at radius 3 is 2.52 bits per heavy atom. The van der Waals surface area contributed by atoms with Gasteiger partial charge in [-0.1, -0.05) is 6.07 Å². The minimum absolute atomic E-state index is 0.0235. The Hall–Kier alpha value is -2.18. The fourth-order valence-corrected chi connectivity index (χ4v) is 4.81. The van der Waals surface area contributed by atoms with E-state index < -0.39 is 15.7 Å². The normalized spacial score (nSPS) is 16.4. The van der Waals surface area contributed by atoms with Crippen molar-refractivity contribution in [2.24, 2.45) is 0 Å². The summed E-state index contributed by atoms with van der Waals surface area (Å²) < 4.78 is 41.1. The first kappa shape index (κ1) is 16.3. The number of hydrogen-bond acceptors (Lipinski definition) is 3. The van der Waals surface area contributed by atoms with E-state index in [9.17, 15) is 12.8 Å². The quantitative estimate of drug-likeness (QED) is 0.779. The number of fused-ring (bicyclic) bond motifs is 1. The fourth-order valence-electron chi connectivity index (χ4n) is 3.48. The van der Waals surface area contributed by atoms with Crippen LogP contribution < -0.4 is 5.32 Å². The van der Waals surface area contributed by atoms with Gasteiger partial charge >= 0.3 is 0 Å². The predicted molar refractivity (Wildman–Crippen MR) is 94.9 cm³/mol. The minimum Gasteiger partial charge on any atom is -0.344 e. The Morgan fingerprint density at radius 2 is 1.76 bits per heavy atom. The van der Waals surface area contributed by atoms with Gasteiger partial charge in [-0.05, 0) is 68.4 Å². The molecule has 0 spiro atoms. The summed E-state index contributed by atoms with van der Waals surface area (Å²) in [6, 6.07) is 12.6. The van der Waals surface area contributed by atoms with Crippen molar-refractivity contribution in [3.63, 3.8) is 0 Å². The highest BCUT2D eigenvalue weighted by Gasteiger charge is 2.21. The summed E-state index contributed by atoms with van der Waals surface area (Å²) in [6.07, 6.45) is 4.15. The van der Waals surface area contributed by atoms with Gasteiger partial charge in [0.2, 0.25) is 9.84 Å². The molecule has 1 saturated heterocycles. The zero-order chi connectivity index (χ0) is 17.4. The molecular formula is C19H19FN2O2S. The van der Waals surface area contributed by atoms with E-state index in [-0.39, 0.29) is 9.79 Å². The zero-order valence-corrected chi connectivity index (χ0v) is 14.5. The average molecular weight is 358 g/mol. The molecule has 0 bridgehead atoms. The van der Waals surface area contributed by atoms with E-state index >= 15 is 0 Å². The monoisotopic (exact) mass is 358 g/mol. The highest BCUT2D eigenvalue weighted by Crippen LogP contribution is 2.29. The Balaban J connectivity index is 1.75. The van der Waals surface area contributed by atoms with Crippen molar-refractivity contribution in [2.45, 2.75) is 28.7 Å². The third-order valence-electron chi connectivity index (χ3n) is 4.81. The summed E-state index contributed by atoms with van der Waals surface area (Å²) in [4.78, 5) is 0.165. The SMILES string of the molecule is O=S(=O)(c1cccc(F)c1)c1ccc2c(ccn2C2CCNCC2)c1. The number of halogens is 1. The molecule has 6 heteroatoms. The lowest BCUT2D eigenvalue weighted by Crippen LogP contribution is -2.29. The zero-order valence-electron chi connectivity index (χ0n) is 13.7. The molecule has 4 rings (SSSR count). The maximum atomic E-state index is 13.4. The second-order valence-corrected chi connectivity index (χ2v) is 8.34. The first-order valence-electron chi connectivity index (χ1n) is 8.38. The van der Waals surface area contributed by atoms with Crippen LogP contribution in [0.5, 0.6) is 0 Å². The lowest BCUT2D eigenvalue weighted by atomic mass is 10.1. The van der Waals surface area contributed by atoms with Crippen molar-refractivity contribution in [1.82, 2.24) is 9.88 Å². The van der Waals surface area contributed by atoms with Crippen LogP contribution in [0.15, 0.2) is 64.5 Å². The first-order chi connectivity index (χ1) is 12.1. The molecule has 3 aromatic rings. The van der Waals surface area contributed by atoms with Gasteiger partial charge in [0.1, 0.15) is 5.82 Å². The molecule has 1 aliphatic rings. The minimum atomic E-state index is -3.73. The van der Waals surface area contributed by atoms with Crippen LogP contribution in [-0.4, -0.2) is 26.1 Å². The van der Waals surface area contributed by atoms with Crippen LogP contribution in [0.2, 0.25) is 0 Å². The second kappa shape index (κ2) is 6.28. The van der Waals surface area contributed by atoms with Gasteiger partial charge in [0.25, 0.3) is 0 Å². The van der Waals surface area contributed by atoms with Crippen molar-refractivity contribution >= 4 is 20.7 Å². The van der Waals surface area contributed by atoms with E-state index in [1.54, 1.807) is 12.1 Å². The first-order valence-corrected chi connectivity index (χ1v) is 9.86. The molecule has 1 N–H and O–H groups in total. The largest absolute Gasteiger partial charge is 0.344 e. The third kappa shape index (κ3) is 2.96. The summed E-state index contributed by atoms with van der Waals surface area (Å²) in [5.41, 5.74) is 1.03. The van der Waals surface area contributed by atoms with E-state index in [1.807, 2.05) is 18.3 Å². The molecule has 25 heavy (non-hydrogen) atoms. The smallest absolute Gasteiger partial charge is 0.206 e. The van der Waals surface area contributed by atoms with Gasteiger partial charge in [-0.2, -0.15) is 0 Å². The number of aromatic nitrogens is 1. The number of rotatable bonds is 3. The molecule has 1 fully saturated rings. The van der Waals surface area contributed by atoms with Crippen molar-refractivity contribution < 1.29 is 12.8 Å². The Labute approximate surface area is 146 Å². The van der Waals surface area contributed by atoms with E-state index in [0.717, 1.165) is 42.9 Å². The number of piperidine rings is 1. The highest BCUT2D eigenvalue weighted by atomic mass is 32.2. The van der Waals surface area contributed by atoms with Crippen molar-refractivity contribution in [2.75, 3.05) is 13.1 Å². The molecule has 130 valence electrons. The van der Waals surface area contributed by atoms with E-state index in [1.165, 1.54) is 18.2 Å². The lowest BCUT2D eigenvalue weighted by Gasteiger charge is -2.25. The van der Waals surface area contributed by atoms with Crippen LogP contribution in [0.25, 0.3) is 10.9 Å². The van der Waals surface area contributed by atoms with Crippen molar-refractivity contribution in [3.8, 4) is 0 Å². The average Bonchev–Trinajstić information content (AvgIpc) is 3.05. The van der Waals surface area contributed by atoms with E-state index in [4.69, 9.17) is 0 Å². The molecule has 2 heterocycles. The topological polar surface area (TPSA) is 51.1 Å².